The lowest BCUT2D eigenvalue weighted by molar-refractivity contribution is -0.143. The number of nitrogens with zero attached hydrogens (tertiary/aromatic N) is 1. The third kappa shape index (κ3) is 6.19. The van der Waals surface area contributed by atoms with E-state index in [9.17, 15) is 19.2 Å². The second-order valence-corrected chi connectivity index (χ2v) is 8.09. The van der Waals surface area contributed by atoms with E-state index < -0.39 is 23.9 Å². The van der Waals surface area contributed by atoms with Crippen molar-refractivity contribution in [2.45, 2.75) is 58.0 Å². The van der Waals surface area contributed by atoms with E-state index in [1.54, 1.807) is 4.90 Å². The predicted octanol–water partition coefficient (Wildman–Crippen LogP) is -0.891. The maximum atomic E-state index is 12.9. The van der Waals surface area contributed by atoms with Crippen LogP contribution in [0.4, 0.5) is 0 Å². The molecule has 0 bridgehead atoms. The Morgan fingerprint density at radius 3 is 2.43 bits per heavy atom. The van der Waals surface area contributed by atoms with Gasteiger partial charge in [-0.2, -0.15) is 0 Å². The zero-order valence-corrected chi connectivity index (χ0v) is 16.8. The molecule has 0 saturated carbocycles. The first-order valence-electron chi connectivity index (χ1n) is 10.2. The van der Waals surface area contributed by atoms with E-state index in [0.717, 1.165) is 32.4 Å². The van der Waals surface area contributed by atoms with Gasteiger partial charge in [0.1, 0.15) is 12.1 Å². The Hall–Kier alpha value is -2.16. The van der Waals surface area contributed by atoms with Crippen molar-refractivity contribution in [3.8, 4) is 0 Å². The Kier molecular flexibility index (Phi) is 8.22. The Labute approximate surface area is 166 Å². The molecule has 5 N–H and O–H groups in total. The summed E-state index contributed by atoms with van der Waals surface area (Å²) in [6.45, 7) is 5.83. The third-order valence-corrected chi connectivity index (χ3v) is 5.30. The normalized spacial score (nSPS) is 21.4. The number of hydrogen-bond acceptors (Lipinski definition) is 5. The van der Waals surface area contributed by atoms with E-state index in [-0.39, 0.29) is 30.2 Å². The van der Waals surface area contributed by atoms with Gasteiger partial charge in [-0.15, -0.1) is 0 Å². The van der Waals surface area contributed by atoms with Gasteiger partial charge in [0.05, 0.1) is 6.54 Å². The molecule has 0 aromatic heterocycles. The molecular formula is C19H33N5O4. The summed E-state index contributed by atoms with van der Waals surface area (Å²) in [5.74, 6) is -1.22. The maximum Gasteiger partial charge on any atom is 0.243 e. The van der Waals surface area contributed by atoms with Crippen LogP contribution in [0.3, 0.4) is 0 Å². The number of nitrogens with one attached hydrogen (secondary N) is 3. The van der Waals surface area contributed by atoms with Gasteiger partial charge in [0.25, 0.3) is 0 Å². The Balaban J connectivity index is 2.00. The lowest BCUT2D eigenvalue weighted by Crippen LogP contribution is -2.55. The van der Waals surface area contributed by atoms with E-state index in [1.807, 2.05) is 13.8 Å². The van der Waals surface area contributed by atoms with Gasteiger partial charge in [0.2, 0.25) is 23.6 Å². The van der Waals surface area contributed by atoms with Crippen molar-refractivity contribution in [2.75, 3.05) is 26.2 Å². The highest BCUT2D eigenvalue weighted by molar-refractivity contribution is 5.93. The second kappa shape index (κ2) is 10.4. The molecule has 0 radical (unpaired) electrons. The highest BCUT2D eigenvalue weighted by Gasteiger charge is 2.38. The number of carbonyl (C=O) groups excluding carboxylic acids is 4. The first-order valence-corrected chi connectivity index (χ1v) is 10.2. The largest absolute Gasteiger partial charge is 0.368 e. The average Bonchev–Trinajstić information content (AvgIpc) is 3.15. The van der Waals surface area contributed by atoms with Gasteiger partial charge in [-0.25, -0.2) is 0 Å². The number of carbonyl (C=O) groups is 4. The molecule has 158 valence electrons. The van der Waals surface area contributed by atoms with Crippen LogP contribution in [0.5, 0.6) is 0 Å². The number of primary amides is 1. The summed E-state index contributed by atoms with van der Waals surface area (Å²) >= 11 is 0. The van der Waals surface area contributed by atoms with Crippen molar-refractivity contribution in [3.63, 3.8) is 0 Å². The van der Waals surface area contributed by atoms with Gasteiger partial charge in [-0.05, 0) is 51.1 Å². The number of piperidine rings is 1. The molecule has 2 saturated heterocycles. The summed E-state index contributed by atoms with van der Waals surface area (Å²) < 4.78 is 0. The van der Waals surface area contributed by atoms with Crippen molar-refractivity contribution in [2.24, 2.45) is 17.6 Å². The minimum Gasteiger partial charge on any atom is -0.368 e. The van der Waals surface area contributed by atoms with Crippen LogP contribution in [0, 0.1) is 11.8 Å². The van der Waals surface area contributed by atoms with Crippen LogP contribution < -0.4 is 21.7 Å². The monoisotopic (exact) mass is 395 g/mol. The molecule has 0 aromatic rings. The van der Waals surface area contributed by atoms with E-state index in [2.05, 4.69) is 16.0 Å². The molecule has 0 aromatic carbocycles. The average molecular weight is 396 g/mol. The molecule has 28 heavy (non-hydrogen) atoms. The van der Waals surface area contributed by atoms with Crippen LogP contribution in [0.15, 0.2) is 0 Å². The molecule has 2 atom stereocenters. The summed E-state index contributed by atoms with van der Waals surface area (Å²) in [7, 11) is 0. The third-order valence-electron chi connectivity index (χ3n) is 5.30. The zero-order chi connectivity index (χ0) is 20.7. The minimum absolute atomic E-state index is 0.0396. The molecule has 0 aliphatic carbocycles. The predicted molar refractivity (Wildman–Crippen MR) is 104 cm³/mol. The number of hydrogen-bond donors (Lipinski definition) is 4. The quantitative estimate of drug-likeness (QED) is 0.423. The fourth-order valence-electron chi connectivity index (χ4n) is 3.87. The van der Waals surface area contributed by atoms with Crippen molar-refractivity contribution in [3.05, 3.63) is 0 Å². The van der Waals surface area contributed by atoms with Crippen LogP contribution in [-0.2, 0) is 19.2 Å². The second-order valence-electron chi connectivity index (χ2n) is 8.09. The van der Waals surface area contributed by atoms with E-state index >= 15 is 0 Å². The topological polar surface area (TPSA) is 134 Å². The summed E-state index contributed by atoms with van der Waals surface area (Å²) in [4.78, 5) is 50.7. The lowest BCUT2D eigenvalue weighted by Gasteiger charge is -2.31. The standard InChI is InChI=1S/C19H33N5O4/c1-12(2)10-14(17(26)22-11-16(20)25)23-18(27)15-4-3-9-24(15)19(28)13-5-7-21-8-6-13/h12-15,21H,3-11H2,1-2H3,(H2,20,25)(H,22,26)(H,23,27). The maximum absolute atomic E-state index is 12.9. The van der Waals surface area contributed by atoms with Crippen molar-refractivity contribution in [1.29, 1.82) is 0 Å². The van der Waals surface area contributed by atoms with Gasteiger partial charge in [-0.1, -0.05) is 13.8 Å². The number of likely N-dealkylation sites (tertiary alicyclic amines) is 1. The summed E-state index contributed by atoms with van der Waals surface area (Å²) in [6.07, 6.45) is 3.38. The molecular weight excluding hydrogens is 362 g/mol. The van der Waals surface area contributed by atoms with Gasteiger partial charge >= 0.3 is 0 Å². The van der Waals surface area contributed by atoms with Crippen LogP contribution in [-0.4, -0.2) is 66.8 Å². The number of amides is 4. The van der Waals surface area contributed by atoms with Gasteiger partial charge < -0.3 is 26.6 Å². The van der Waals surface area contributed by atoms with Gasteiger partial charge in [0, 0.05) is 12.5 Å². The van der Waals surface area contributed by atoms with Crippen LogP contribution in [0.1, 0.15) is 46.0 Å². The fourth-order valence-corrected chi connectivity index (χ4v) is 3.87. The SMILES string of the molecule is CC(C)CC(NC(=O)C1CCCN1C(=O)C1CCNCC1)C(=O)NCC(N)=O. The van der Waals surface area contributed by atoms with Gasteiger partial charge in [0.15, 0.2) is 0 Å². The van der Waals surface area contributed by atoms with Crippen molar-refractivity contribution < 1.29 is 19.2 Å². The first-order chi connectivity index (χ1) is 13.3. The van der Waals surface area contributed by atoms with Gasteiger partial charge in [-0.3, -0.25) is 19.2 Å². The fraction of sp³-hybridized carbons (Fsp3) is 0.789. The molecule has 2 rings (SSSR count). The highest BCUT2D eigenvalue weighted by atomic mass is 16.2. The zero-order valence-electron chi connectivity index (χ0n) is 16.8. The minimum atomic E-state index is -0.761. The molecule has 2 aliphatic rings. The van der Waals surface area contributed by atoms with Crippen LogP contribution in [0.2, 0.25) is 0 Å². The summed E-state index contributed by atoms with van der Waals surface area (Å²) in [5.41, 5.74) is 5.08. The van der Waals surface area contributed by atoms with Crippen LogP contribution >= 0.6 is 0 Å². The highest BCUT2D eigenvalue weighted by Crippen LogP contribution is 2.24. The summed E-state index contributed by atoms with van der Waals surface area (Å²) in [6, 6.07) is -1.30. The molecule has 2 unspecified atom stereocenters. The molecule has 0 spiro atoms. The Bertz CT molecular complexity index is 589. The Morgan fingerprint density at radius 1 is 1.14 bits per heavy atom. The number of nitrogens with two attached hydrogens (primary N) is 1. The Morgan fingerprint density at radius 2 is 1.82 bits per heavy atom. The molecule has 9 nitrogen and oxygen atoms in total. The molecule has 9 heteroatoms. The molecule has 2 fully saturated rings. The molecule has 2 aliphatic heterocycles. The first kappa shape index (κ1) is 22.1. The lowest BCUT2D eigenvalue weighted by atomic mass is 9.96. The van der Waals surface area contributed by atoms with E-state index in [4.69, 9.17) is 5.73 Å². The van der Waals surface area contributed by atoms with Crippen molar-refractivity contribution in [1.82, 2.24) is 20.9 Å². The van der Waals surface area contributed by atoms with E-state index in [0.29, 0.717) is 19.4 Å². The smallest absolute Gasteiger partial charge is 0.243 e. The van der Waals surface area contributed by atoms with E-state index in [1.165, 1.54) is 0 Å². The van der Waals surface area contributed by atoms with Crippen molar-refractivity contribution >= 4 is 23.6 Å². The molecule has 2 heterocycles. The van der Waals surface area contributed by atoms with Crippen LogP contribution in [0.25, 0.3) is 0 Å². The molecule has 4 amide bonds. The summed E-state index contributed by atoms with van der Waals surface area (Å²) in [5, 5.41) is 8.49. The number of rotatable bonds is 8.